The maximum Gasteiger partial charge on any atom is 0.309 e. The third-order valence-corrected chi connectivity index (χ3v) is 2.37. The molecule has 0 spiro atoms. The van der Waals surface area contributed by atoms with Crippen LogP contribution in [-0.4, -0.2) is 25.7 Å². The zero-order valence-corrected chi connectivity index (χ0v) is 7.80. The lowest BCUT2D eigenvalue weighted by Gasteiger charge is -2.27. The number of esters is 1. The second kappa shape index (κ2) is 4.45. The lowest BCUT2D eigenvalue weighted by molar-refractivity contribution is -0.150. The van der Waals surface area contributed by atoms with E-state index >= 15 is 0 Å². The number of piperidine rings is 1. The quantitative estimate of drug-likeness (QED) is 0.624. The van der Waals surface area contributed by atoms with Gasteiger partial charge >= 0.3 is 5.97 Å². The third-order valence-electron chi connectivity index (χ3n) is 2.37. The molecule has 3 nitrogen and oxygen atoms in total. The Hall–Kier alpha value is -0.570. The van der Waals surface area contributed by atoms with Crippen molar-refractivity contribution < 1.29 is 9.53 Å². The van der Waals surface area contributed by atoms with Crippen molar-refractivity contribution in [3.05, 3.63) is 0 Å². The first-order chi connectivity index (χ1) is 5.75. The highest BCUT2D eigenvalue weighted by Crippen LogP contribution is 2.19. The van der Waals surface area contributed by atoms with Crippen LogP contribution in [0.15, 0.2) is 0 Å². The predicted molar refractivity (Wildman–Crippen MR) is 46.8 cm³/mol. The first kappa shape index (κ1) is 9.52. The van der Waals surface area contributed by atoms with Gasteiger partial charge in [-0.3, -0.25) is 4.79 Å². The van der Waals surface area contributed by atoms with Gasteiger partial charge in [0.2, 0.25) is 0 Å². The van der Waals surface area contributed by atoms with E-state index in [2.05, 4.69) is 12.2 Å². The molecule has 1 saturated heterocycles. The Labute approximate surface area is 73.5 Å². The van der Waals surface area contributed by atoms with E-state index in [1.165, 1.54) is 0 Å². The molecule has 0 aliphatic carbocycles. The minimum absolute atomic E-state index is 0.0218. The lowest BCUT2D eigenvalue weighted by atomic mass is 9.88. The molecule has 0 aromatic carbocycles. The average molecular weight is 171 g/mol. The monoisotopic (exact) mass is 171 g/mol. The summed E-state index contributed by atoms with van der Waals surface area (Å²) in [5, 5.41) is 3.25. The fourth-order valence-corrected chi connectivity index (χ4v) is 1.61. The van der Waals surface area contributed by atoms with Crippen molar-refractivity contribution in [3.63, 3.8) is 0 Å². The molecule has 1 fully saturated rings. The number of carbonyl (C=O) groups is 1. The normalized spacial score (nSPS) is 29.8. The maximum absolute atomic E-state index is 11.4. The fraction of sp³-hybridized carbons (Fsp3) is 0.889. The van der Waals surface area contributed by atoms with Crippen molar-refractivity contribution in [1.29, 1.82) is 0 Å². The highest BCUT2D eigenvalue weighted by molar-refractivity contribution is 5.72. The van der Waals surface area contributed by atoms with E-state index in [-0.39, 0.29) is 11.9 Å². The first-order valence-corrected chi connectivity index (χ1v) is 4.63. The minimum Gasteiger partial charge on any atom is -0.466 e. The largest absolute Gasteiger partial charge is 0.466 e. The second-order valence-electron chi connectivity index (χ2n) is 3.33. The van der Waals surface area contributed by atoms with Gasteiger partial charge < -0.3 is 10.1 Å². The van der Waals surface area contributed by atoms with Crippen LogP contribution in [0.5, 0.6) is 0 Å². The Balaban J connectivity index is 2.42. The topological polar surface area (TPSA) is 38.3 Å². The Morgan fingerprint density at radius 1 is 1.67 bits per heavy atom. The summed E-state index contributed by atoms with van der Waals surface area (Å²) < 4.78 is 4.99. The summed E-state index contributed by atoms with van der Waals surface area (Å²) in [6.07, 6.45) is 0.917. The molecular weight excluding hydrogens is 154 g/mol. The van der Waals surface area contributed by atoms with Gasteiger partial charge in [0, 0.05) is 0 Å². The molecule has 0 radical (unpaired) electrons. The number of hydrogen-bond acceptors (Lipinski definition) is 3. The maximum atomic E-state index is 11.4. The van der Waals surface area contributed by atoms with E-state index in [9.17, 15) is 4.79 Å². The van der Waals surface area contributed by atoms with Crippen LogP contribution in [0.1, 0.15) is 20.3 Å². The molecule has 0 aromatic rings. The van der Waals surface area contributed by atoms with Gasteiger partial charge in [-0.25, -0.2) is 0 Å². The highest BCUT2D eigenvalue weighted by Gasteiger charge is 2.28. The van der Waals surface area contributed by atoms with Crippen LogP contribution in [0.4, 0.5) is 0 Å². The molecule has 1 aliphatic rings. The lowest BCUT2D eigenvalue weighted by Crippen LogP contribution is -2.39. The molecule has 0 saturated carbocycles. The molecule has 0 unspecified atom stereocenters. The summed E-state index contributed by atoms with van der Waals surface area (Å²) in [6.45, 7) is 6.31. The molecule has 0 amide bonds. The van der Waals surface area contributed by atoms with E-state index in [1.54, 1.807) is 0 Å². The molecular formula is C9H17NO2. The van der Waals surface area contributed by atoms with Gasteiger partial charge in [0.15, 0.2) is 0 Å². The Morgan fingerprint density at radius 3 is 3.00 bits per heavy atom. The summed E-state index contributed by atoms with van der Waals surface area (Å²) in [5.74, 6) is 0.510. The van der Waals surface area contributed by atoms with Crippen LogP contribution in [0.2, 0.25) is 0 Å². The van der Waals surface area contributed by atoms with Crippen LogP contribution < -0.4 is 5.32 Å². The van der Waals surface area contributed by atoms with Crippen molar-refractivity contribution in [2.75, 3.05) is 19.7 Å². The van der Waals surface area contributed by atoms with E-state index < -0.39 is 0 Å². The summed E-state index contributed by atoms with van der Waals surface area (Å²) in [7, 11) is 0. The van der Waals surface area contributed by atoms with Gasteiger partial charge in [-0.15, -0.1) is 0 Å². The molecule has 70 valence electrons. The Kier molecular flexibility index (Phi) is 3.53. The fourth-order valence-electron chi connectivity index (χ4n) is 1.61. The van der Waals surface area contributed by atoms with Crippen LogP contribution >= 0.6 is 0 Å². The number of ether oxygens (including phenoxy) is 1. The Morgan fingerprint density at radius 2 is 2.42 bits per heavy atom. The van der Waals surface area contributed by atoms with Gasteiger partial charge in [-0.1, -0.05) is 6.92 Å². The van der Waals surface area contributed by atoms with Gasteiger partial charge in [-0.2, -0.15) is 0 Å². The standard InChI is InChI=1S/C9H17NO2/c1-3-12-9(11)8-4-5-10-6-7(8)2/h7-8,10H,3-6H2,1-2H3/t7-,8+/m1/s1. The van der Waals surface area contributed by atoms with E-state index in [0.29, 0.717) is 12.5 Å². The minimum atomic E-state index is -0.0218. The highest BCUT2D eigenvalue weighted by atomic mass is 16.5. The summed E-state index contributed by atoms with van der Waals surface area (Å²) in [5.41, 5.74) is 0. The van der Waals surface area contributed by atoms with Crippen LogP contribution in [0.25, 0.3) is 0 Å². The average Bonchev–Trinajstić information content (AvgIpc) is 2.05. The molecule has 1 rings (SSSR count). The summed E-state index contributed by atoms with van der Waals surface area (Å²) >= 11 is 0. The van der Waals surface area contributed by atoms with Gasteiger partial charge in [0.05, 0.1) is 12.5 Å². The molecule has 1 heterocycles. The molecule has 12 heavy (non-hydrogen) atoms. The molecule has 3 heteroatoms. The number of nitrogens with one attached hydrogen (secondary N) is 1. The van der Waals surface area contributed by atoms with Crippen molar-refractivity contribution in [1.82, 2.24) is 5.32 Å². The molecule has 0 bridgehead atoms. The van der Waals surface area contributed by atoms with Crippen LogP contribution in [0, 0.1) is 11.8 Å². The first-order valence-electron chi connectivity index (χ1n) is 4.63. The molecule has 2 atom stereocenters. The third kappa shape index (κ3) is 2.21. The smallest absolute Gasteiger partial charge is 0.309 e. The van der Waals surface area contributed by atoms with Crippen molar-refractivity contribution >= 4 is 5.97 Å². The Bertz CT molecular complexity index is 159. The zero-order chi connectivity index (χ0) is 8.97. The van der Waals surface area contributed by atoms with E-state index in [1.807, 2.05) is 6.92 Å². The van der Waals surface area contributed by atoms with Crippen LogP contribution in [-0.2, 0) is 9.53 Å². The summed E-state index contributed by atoms with van der Waals surface area (Å²) in [6, 6.07) is 0. The predicted octanol–water partition coefficient (Wildman–Crippen LogP) is 0.795. The second-order valence-corrected chi connectivity index (χ2v) is 3.33. The van der Waals surface area contributed by atoms with Crippen molar-refractivity contribution in [3.8, 4) is 0 Å². The number of carbonyl (C=O) groups excluding carboxylic acids is 1. The number of hydrogen-bond donors (Lipinski definition) is 1. The molecule has 1 N–H and O–H groups in total. The van der Waals surface area contributed by atoms with Gasteiger partial charge in [0.1, 0.15) is 0 Å². The molecule has 1 aliphatic heterocycles. The van der Waals surface area contributed by atoms with Gasteiger partial charge in [-0.05, 0) is 32.4 Å². The van der Waals surface area contributed by atoms with Gasteiger partial charge in [0.25, 0.3) is 0 Å². The SMILES string of the molecule is CCOC(=O)[C@H]1CCNC[C@H]1C. The number of rotatable bonds is 2. The van der Waals surface area contributed by atoms with Crippen molar-refractivity contribution in [2.45, 2.75) is 20.3 Å². The van der Waals surface area contributed by atoms with Crippen LogP contribution in [0.3, 0.4) is 0 Å². The zero-order valence-electron chi connectivity index (χ0n) is 7.80. The molecule has 0 aromatic heterocycles. The van der Waals surface area contributed by atoms with E-state index in [0.717, 1.165) is 19.5 Å². The van der Waals surface area contributed by atoms with E-state index in [4.69, 9.17) is 4.74 Å². The van der Waals surface area contributed by atoms with Crippen molar-refractivity contribution in [2.24, 2.45) is 11.8 Å². The summed E-state index contributed by atoms with van der Waals surface area (Å²) in [4.78, 5) is 11.4.